The van der Waals surface area contributed by atoms with Crippen LogP contribution in [0.3, 0.4) is 0 Å². The van der Waals surface area contributed by atoms with Gasteiger partial charge in [0.15, 0.2) is 0 Å². The molecule has 0 aromatic heterocycles. The molecule has 0 bridgehead atoms. The highest BCUT2D eigenvalue weighted by atomic mass is 35.5. The van der Waals surface area contributed by atoms with Crippen LogP contribution < -0.4 is 10.9 Å². The number of hydrogen-bond acceptors (Lipinski definition) is 3. The van der Waals surface area contributed by atoms with Crippen molar-refractivity contribution >= 4 is 27.3 Å². The zero-order valence-corrected chi connectivity index (χ0v) is 7.86. The lowest BCUT2D eigenvalue weighted by atomic mass is 10.3. The summed E-state index contributed by atoms with van der Waals surface area (Å²) in [7, 11) is -4.09. The van der Waals surface area contributed by atoms with E-state index in [1.165, 1.54) is 0 Å². The van der Waals surface area contributed by atoms with Gasteiger partial charge in [-0.05, 0) is 12.1 Å². The van der Waals surface area contributed by atoms with Crippen molar-refractivity contribution < 1.29 is 12.8 Å². The fourth-order valence-electron chi connectivity index (χ4n) is 0.762. The number of benzene rings is 1. The topological polar surface area (TPSA) is 86.2 Å². The van der Waals surface area contributed by atoms with E-state index < -0.39 is 20.7 Å². The van der Waals surface area contributed by atoms with Gasteiger partial charge in [0.25, 0.3) is 0 Å². The lowest BCUT2D eigenvalue weighted by molar-refractivity contribution is 0.568. The van der Waals surface area contributed by atoms with Gasteiger partial charge in [0.1, 0.15) is 10.7 Å². The maximum Gasteiger partial charge on any atom is 0.241 e. The van der Waals surface area contributed by atoms with Crippen molar-refractivity contribution in [3.05, 3.63) is 23.0 Å². The summed E-state index contributed by atoms with van der Waals surface area (Å²) in [6.45, 7) is 0. The van der Waals surface area contributed by atoms with Gasteiger partial charge in [0, 0.05) is 0 Å². The molecule has 0 saturated heterocycles. The molecule has 1 rings (SSSR count). The standard InChI is InChI=1S/C6H6ClFN2O2S/c7-3-1-6(13(10,11)12)4(8)2-5(3)9/h1-2H,9H2,(H2,10,11,12). The lowest BCUT2D eigenvalue weighted by Crippen LogP contribution is -2.14. The first kappa shape index (κ1) is 10.2. The van der Waals surface area contributed by atoms with Crippen molar-refractivity contribution in [3.8, 4) is 0 Å². The summed E-state index contributed by atoms with van der Waals surface area (Å²) >= 11 is 5.48. The average Bonchev–Trinajstić information content (AvgIpc) is 1.94. The van der Waals surface area contributed by atoms with Crippen molar-refractivity contribution in [3.63, 3.8) is 0 Å². The van der Waals surface area contributed by atoms with Gasteiger partial charge in [-0.25, -0.2) is 17.9 Å². The molecule has 0 radical (unpaired) electrons. The Morgan fingerprint density at radius 1 is 1.38 bits per heavy atom. The molecular formula is C6H6ClFN2O2S. The Morgan fingerprint density at radius 2 is 1.92 bits per heavy atom. The van der Waals surface area contributed by atoms with Gasteiger partial charge in [0.2, 0.25) is 10.0 Å². The first-order valence-corrected chi connectivity index (χ1v) is 5.02. The minimum Gasteiger partial charge on any atom is -0.397 e. The Bertz CT molecular complexity index is 446. The zero-order chi connectivity index (χ0) is 10.2. The third-order valence-electron chi connectivity index (χ3n) is 1.36. The number of nitrogens with two attached hydrogens (primary N) is 2. The fourth-order valence-corrected chi connectivity index (χ4v) is 1.60. The molecule has 0 unspecified atom stereocenters. The lowest BCUT2D eigenvalue weighted by Gasteiger charge is -2.03. The molecule has 0 aliphatic heterocycles. The molecule has 0 aliphatic carbocycles. The number of primary sulfonamides is 1. The van der Waals surface area contributed by atoms with E-state index in [1.807, 2.05) is 0 Å². The molecular weight excluding hydrogens is 219 g/mol. The Balaban J connectivity index is 3.50. The highest BCUT2D eigenvalue weighted by Gasteiger charge is 2.16. The van der Waals surface area contributed by atoms with Gasteiger partial charge >= 0.3 is 0 Å². The van der Waals surface area contributed by atoms with Crippen LogP contribution >= 0.6 is 11.6 Å². The molecule has 0 aliphatic rings. The van der Waals surface area contributed by atoms with E-state index in [9.17, 15) is 12.8 Å². The molecule has 0 amide bonds. The summed E-state index contributed by atoms with van der Waals surface area (Å²) < 4.78 is 34.4. The molecule has 7 heteroatoms. The number of halogens is 2. The maximum absolute atomic E-state index is 12.9. The second-order valence-electron chi connectivity index (χ2n) is 2.35. The summed E-state index contributed by atoms with van der Waals surface area (Å²) in [6, 6.07) is 1.68. The van der Waals surface area contributed by atoms with Gasteiger partial charge < -0.3 is 5.73 Å². The highest BCUT2D eigenvalue weighted by Crippen LogP contribution is 2.24. The largest absolute Gasteiger partial charge is 0.397 e. The van der Waals surface area contributed by atoms with Crippen LogP contribution in [0.15, 0.2) is 17.0 Å². The molecule has 0 atom stereocenters. The second-order valence-corrected chi connectivity index (χ2v) is 4.29. The highest BCUT2D eigenvalue weighted by molar-refractivity contribution is 7.89. The molecule has 0 fully saturated rings. The SMILES string of the molecule is Nc1cc(F)c(S(N)(=O)=O)cc1Cl. The fraction of sp³-hybridized carbons (Fsp3) is 0. The van der Waals surface area contributed by atoms with Crippen LogP contribution in [0.2, 0.25) is 5.02 Å². The summed E-state index contributed by atoms with van der Waals surface area (Å²) in [5, 5.41) is 4.66. The molecule has 1 aromatic carbocycles. The Kier molecular flexibility index (Phi) is 2.47. The number of nitrogen functional groups attached to an aromatic ring is 1. The van der Waals surface area contributed by atoms with E-state index in [2.05, 4.69) is 0 Å². The maximum atomic E-state index is 12.9. The molecule has 13 heavy (non-hydrogen) atoms. The molecule has 1 aromatic rings. The Labute approximate surface area is 79.3 Å². The summed E-state index contributed by atoms with van der Waals surface area (Å²) in [6.07, 6.45) is 0. The molecule has 72 valence electrons. The minimum absolute atomic E-state index is 0.0356. The van der Waals surface area contributed by atoms with Gasteiger partial charge in [-0.1, -0.05) is 11.6 Å². The van der Waals surface area contributed by atoms with E-state index >= 15 is 0 Å². The number of hydrogen-bond donors (Lipinski definition) is 2. The molecule has 4 nitrogen and oxygen atoms in total. The quantitative estimate of drug-likeness (QED) is 0.689. The zero-order valence-electron chi connectivity index (χ0n) is 6.29. The van der Waals surface area contributed by atoms with Crippen LogP contribution in [0.5, 0.6) is 0 Å². The normalized spacial score (nSPS) is 11.6. The predicted octanol–water partition coefficient (Wildman–Crippen LogP) is 0.709. The van der Waals surface area contributed by atoms with Crippen LogP contribution in [0, 0.1) is 5.82 Å². The van der Waals surface area contributed by atoms with Crippen LogP contribution in [-0.2, 0) is 10.0 Å². The minimum atomic E-state index is -4.09. The molecule has 0 spiro atoms. The van der Waals surface area contributed by atoms with Gasteiger partial charge in [-0.15, -0.1) is 0 Å². The summed E-state index contributed by atoms with van der Waals surface area (Å²) in [5.41, 5.74) is 5.19. The first-order chi connectivity index (χ1) is 5.82. The summed E-state index contributed by atoms with van der Waals surface area (Å²) in [4.78, 5) is -0.660. The third-order valence-corrected chi connectivity index (χ3v) is 2.61. The van der Waals surface area contributed by atoms with Crippen LogP contribution in [0.1, 0.15) is 0 Å². The van der Waals surface area contributed by atoms with E-state index in [0.29, 0.717) is 0 Å². The third kappa shape index (κ3) is 2.09. The smallest absolute Gasteiger partial charge is 0.241 e. The number of rotatable bonds is 1. The Morgan fingerprint density at radius 3 is 2.38 bits per heavy atom. The van der Waals surface area contributed by atoms with Crippen molar-refractivity contribution in [2.24, 2.45) is 5.14 Å². The van der Waals surface area contributed by atoms with Crippen LogP contribution in [-0.4, -0.2) is 8.42 Å². The molecule has 4 N–H and O–H groups in total. The van der Waals surface area contributed by atoms with Crippen LogP contribution in [0.25, 0.3) is 0 Å². The van der Waals surface area contributed by atoms with E-state index in [4.69, 9.17) is 22.5 Å². The van der Waals surface area contributed by atoms with E-state index in [1.54, 1.807) is 0 Å². The van der Waals surface area contributed by atoms with Crippen molar-refractivity contribution in [1.82, 2.24) is 0 Å². The molecule has 0 heterocycles. The van der Waals surface area contributed by atoms with Crippen molar-refractivity contribution in [2.45, 2.75) is 4.90 Å². The van der Waals surface area contributed by atoms with Gasteiger partial charge in [-0.2, -0.15) is 0 Å². The second kappa shape index (κ2) is 3.13. The monoisotopic (exact) mass is 224 g/mol. The van der Waals surface area contributed by atoms with E-state index in [0.717, 1.165) is 12.1 Å². The van der Waals surface area contributed by atoms with Gasteiger partial charge in [0.05, 0.1) is 10.7 Å². The predicted molar refractivity (Wildman–Crippen MR) is 47.2 cm³/mol. The van der Waals surface area contributed by atoms with Crippen molar-refractivity contribution in [1.29, 1.82) is 0 Å². The Hall–Kier alpha value is -0.850. The average molecular weight is 225 g/mol. The summed E-state index contributed by atoms with van der Waals surface area (Å²) in [5.74, 6) is -1.01. The number of sulfonamides is 1. The van der Waals surface area contributed by atoms with Crippen molar-refractivity contribution in [2.75, 3.05) is 5.73 Å². The van der Waals surface area contributed by atoms with Gasteiger partial charge in [-0.3, -0.25) is 0 Å². The first-order valence-electron chi connectivity index (χ1n) is 3.09. The number of anilines is 1. The van der Waals surface area contributed by atoms with Crippen LogP contribution in [0.4, 0.5) is 10.1 Å². The van der Waals surface area contributed by atoms with E-state index in [-0.39, 0.29) is 10.7 Å². The molecule has 0 saturated carbocycles.